The maximum atomic E-state index is 14.0. The normalized spacial score (nSPS) is 12.1. The van der Waals surface area contributed by atoms with Gasteiger partial charge < -0.3 is 5.11 Å². The molecule has 4 heteroatoms. The van der Waals surface area contributed by atoms with Crippen molar-refractivity contribution < 1.29 is 9.50 Å². The molecule has 2 rings (SSSR count). The molecule has 0 bridgehead atoms. The van der Waals surface area contributed by atoms with E-state index in [1.807, 2.05) is 6.07 Å². The van der Waals surface area contributed by atoms with E-state index in [-0.39, 0.29) is 16.3 Å². The van der Waals surface area contributed by atoms with Crippen LogP contribution in [0.3, 0.4) is 0 Å². The lowest BCUT2D eigenvalue weighted by Crippen LogP contribution is -1.98. The number of hydrogen-bond acceptors (Lipinski definition) is 2. The minimum atomic E-state index is -0.537. The first kappa shape index (κ1) is 15.5. The number of rotatable bonds is 5. The Labute approximate surface area is 128 Å². The van der Waals surface area contributed by atoms with Crippen LogP contribution >= 0.6 is 11.6 Å². The summed E-state index contributed by atoms with van der Waals surface area (Å²) in [5.74, 6) is -0.671. The number of benzene rings is 1. The van der Waals surface area contributed by atoms with E-state index in [2.05, 4.69) is 11.9 Å². The van der Waals surface area contributed by atoms with Crippen LogP contribution in [0.5, 0.6) is 0 Å². The fraction of sp³-hybridized carbons (Fsp3) is 0.235. The van der Waals surface area contributed by atoms with Crippen molar-refractivity contribution in [3.05, 3.63) is 64.7 Å². The smallest absolute Gasteiger partial charge is 0.135 e. The average molecular weight is 306 g/mol. The molecule has 0 aliphatic carbocycles. The van der Waals surface area contributed by atoms with Gasteiger partial charge in [0.2, 0.25) is 0 Å². The van der Waals surface area contributed by atoms with Gasteiger partial charge in [0.05, 0.1) is 16.3 Å². The second-order valence-electron chi connectivity index (χ2n) is 4.74. The topological polar surface area (TPSA) is 33.1 Å². The van der Waals surface area contributed by atoms with E-state index in [9.17, 15) is 9.50 Å². The molecule has 0 aliphatic rings. The van der Waals surface area contributed by atoms with Gasteiger partial charge in [0, 0.05) is 11.8 Å². The van der Waals surface area contributed by atoms with Crippen molar-refractivity contribution >= 4 is 22.9 Å². The summed E-state index contributed by atoms with van der Waals surface area (Å²) in [4.78, 5) is 4.25. The summed E-state index contributed by atoms with van der Waals surface area (Å²) in [7, 11) is 0. The Morgan fingerprint density at radius 1 is 1.24 bits per heavy atom. The standard InChI is InChI=1S/C17H17ClFNO/c1-2-3-7-12(15-10-4-5-11-20-15)17(21)16-13(18)8-6-9-14(16)19/h4-6,8-11,21H,2-3,7H2,1H3/b17-12+. The molecule has 1 N–H and O–H groups in total. The van der Waals surface area contributed by atoms with Gasteiger partial charge in [0.1, 0.15) is 11.6 Å². The predicted octanol–water partition coefficient (Wildman–Crippen LogP) is 5.49. The highest BCUT2D eigenvalue weighted by Crippen LogP contribution is 2.32. The van der Waals surface area contributed by atoms with Crippen molar-refractivity contribution in [2.75, 3.05) is 0 Å². The fourth-order valence-corrected chi connectivity index (χ4v) is 2.39. The van der Waals surface area contributed by atoms with E-state index in [1.54, 1.807) is 24.4 Å². The zero-order valence-electron chi connectivity index (χ0n) is 11.8. The maximum Gasteiger partial charge on any atom is 0.135 e. The van der Waals surface area contributed by atoms with Crippen LogP contribution in [0.1, 0.15) is 37.4 Å². The van der Waals surface area contributed by atoms with Gasteiger partial charge >= 0.3 is 0 Å². The molecule has 2 nitrogen and oxygen atoms in total. The lowest BCUT2D eigenvalue weighted by Gasteiger charge is -2.12. The van der Waals surface area contributed by atoms with E-state index in [1.165, 1.54) is 12.1 Å². The fourth-order valence-electron chi connectivity index (χ4n) is 2.14. The Morgan fingerprint density at radius 2 is 2.05 bits per heavy atom. The maximum absolute atomic E-state index is 14.0. The highest BCUT2D eigenvalue weighted by Gasteiger charge is 2.17. The molecule has 0 saturated carbocycles. The van der Waals surface area contributed by atoms with E-state index < -0.39 is 5.82 Å². The van der Waals surface area contributed by atoms with Crippen molar-refractivity contribution in [1.82, 2.24) is 4.98 Å². The summed E-state index contributed by atoms with van der Waals surface area (Å²) in [5, 5.41) is 10.7. The molecule has 0 fully saturated rings. The third-order valence-electron chi connectivity index (χ3n) is 3.24. The molecule has 2 aromatic rings. The zero-order chi connectivity index (χ0) is 15.2. The first-order chi connectivity index (χ1) is 10.1. The summed E-state index contributed by atoms with van der Waals surface area (Å²) in [6.07, 6.45) is 4.11. The van der Waals surface area contributed by atoms with Gasteiger partial charge in [-0.05, 0) is 37.1 Å². The van der Waals surface area contributed by atoms with Crippen LogP contribution in [0, 0.1) is 5.82 Å². The Kier molecular flexibility index (Phi) is 5.34. The van der Waals surface area contributed by atoms with Gasteiger partial charge in [0.25, 0.3) is 0 Å². The Morgan fingerprint density at radius 3 is 2.67 bits per heavy atom. The molecule has 21 heavy (non-hydrogen) atoms. The number of aromatic nitrogens is 1. The number of pyridine rings is 1. The van der Waals surface area contributed by atoms with Gasteiger partial charge in [-0.2, -0.15) is 0 Å². The van der Waals surface area contributed by atoms with Crippen LogP contribution < -0.4 is 0 Å². The minimum Gasteiger partial charge on any atom is -0.507 e. The van der Waals surface area contributed by atoms with Crippen molar-refractivity contribution in [2.45, 2.75) is 26.2 Å². The monoisotopic (exact) mass is 305 g/mol. The first-order valence-electron chi connectivity index (χ1n) is 6.93. The van der Waals surface area contributed by atoms with Crippen LogP contribution in [0.15, 0.2) is 42.6 Å². The molecular weight excluding hydrogens is 289 g/mol. The third kappa shape index (κ3) is 3.61. The van der Waals surface area contributed by atoms with E-state index >= 15 is 0 Å². The minimum absolute atomic E-state index is 0.0379. The molecule has 110 valence electrons. The van der Waals surface area contributed by atoms with Crippen molar-refractivity contribution in [1.29, 1.82) is 0 Å². The van der Waals surface area contributed by atoms with Gasteiger partial charge in [-0.3, -0.25) is 4.98 Å². The van der Waals surface area contributed by atoms with Gasteiger partial charge in [-0.1, -0.05) is 37.1 Å². The lowest BCUT2D eigenvalue weighted by molar-refractivity contribution is 0.502. The van der Waals surface area contributed by atoms with E-state index in [0.717, 1.165) is 12.8 Å². The predicted molar refractivity (Wildman–Crippen MR) is 84.6 cm³/mol. The number of halogens is 2. The van der Waals surface area contributed by atoms with Gasteiger partial charge in [-0.15, -0.1) is 0 Å². The number of nitrogens with zero attached hydrogens (tertiary/aromatic N) is 1. The summed E-state index contributed by atoms with van der Waals surface area (Å²) < 4.78 is 14.0. The third-order valence-corrected chi connectivity index (χ3v) is 3.55. The number of unbranched alkanes of at least 4 members (excludes halogenated alkanes) is 1. The Balaban J connectivity index is 2.57. The SMILES string of the molecule is CCCC/C(=C(\O)c1c(F)cccc1Cl)c1ccccn1. The molecule has 0 radical (unpaired) electrons. The molecule has 0 amide bonds. The highest BCUT2D eigenvalue weighted by molar-refractivity contribution is 6.32. The highest BCUT2D eigenvalue weighted by atomic mass is 35.5. The molecule has 0 saturated heterocycles. The summed E-state index contributed by atoms with van der Waals surface area (Å²) in [6, 6.07) is 9.80. The summed E-state index contributed by atoms with van der Waals surface area (Å²) >= 11 is 6.04. The molecular formula is C17H17ClFNO. The van der Waals surface area contributed by atoms with Crippen molar-refractivity contribution in [3.63, 3.8) is 0 Å². The summed E-state index contributed by atoms with van der Waals surface area (Å²) in [6.45, 7) is 2.06. The van der Waals surface area contributed by atoms with Crippen LogP contribution in [0.2, 0.25) is 5.02 Å². The number of aliphatic hydroxyl groups excluding tert-OH is 1. The number of hydrogen-bond donors (Lipinski definition) is 1. The Hall–Kier alpha value is -1.87. The molecule has 1 aromatic carbocycles. The quantitative estimate of drug-likeness (QED) is 0.741. The molecule has 0 unspecified atom stereocenters. The molecule has 1 heterocycles. The van der Waals surface area contributed by atoms with Crippen LogP contribution in [-0.2, 0) is 0 Å². The van der Waals surface area contributed by atoms with Crippen LogP contribution in [0.4, 0.5) is 4.39 Å². The molecule has 1 aromatic heterocycles. The van der Waals surface area contributed by atoms with Crippen LogP contribution in [0.25, 0.3) is 11.3 Å². The lowest BCUT2D eigenvalue weighted by atomic mass is 9.99. The van der Waals surface area contributed by atoms with Gasteiger partial charge in [0.15, 0.2) is 0 Å². The number of aliphatic hydroxyl groups is 1. The molecule has 0 atom stereocenters. The van der Waals surface area contributed by atoms with Gasteiger partial charge in [-0.25, -0.2) is 4.39 Å². The zero-order valence-corrected chi connectivity index (χ0v) is 12.6. The second-order valence-corrected chi connectivity index (χ2v) is 5.15. The largest absolute Gasteiger partial charge is 0.507 e. The van der Waals surface area contributed by atoms with Crippen LogP contribution in [-0.4, -0.2) is 10.1 Å². The number of allylic oxidation sites excluding steroid dienone is 1. The second kappa shape index (κ2) is 7.23. The summed E-state index contributed by atoms with van der Waals surface area (Å²) in [5.41, 5.74) is 1.29. The Bertz CT molecular complexity index is 620. The van der Waals surface area contributed by atoms with E-state index in [0.29, 0.717) is 17.7 Å². The first-order valence-corrected chi connectivity index (χ1v) is 7.30. The average Bonchev–Trinajstić information content (AvgIpc) is 2.48. The van der Waals surface area contributed by atoms with E-state index in [4.69, 9.17) is 11.6 Å². The molecule has 0 spiro atoms. The van der Waals surface area contributed by atoms with Crippen molar-refractivity contribution in [2.24, 2.45) is 0 Å². The van der Waals surface area contributed by atoms with Crippen molar-refractivity contribution in [3.8, 4) is 0 Å². The molecule has 0 aliphatic heterocycles.